The Labute approximate surface area is 165 Å². The number of hydrogen-bond donors (Lipinski definition) is 0. The van der Waals surface area contributed by atoms with Gasteiger partial charge in [-0.05, 0) is 0 Å². The van der Waals surface area contributed by atoms with E-state index in [9.17, 15) is 79.0 Å². The molecule has 0 saturated carbocycles. The van der Waals surface area contributed by atoms with Gasteiger partial charge in [0.2, 0.25) is 0 Å². The van der Waals surface area contributed by atoms with Gasteiger partial charge in [0.25, 0.3) is 0 Å². The van der Waals surface area contributed by atoms with Crippen LogP contribution in [-0.4, -0.2) is 43.8 Å². The number of rotatable bonds is 12. The largest absolute Gasteiger partial charge is 0.529 e. The van der Waals surface area contributed by atoms with Gasteiger partial charge in [0, 0.05) is 0 Å². The second kappa shape index (κ2) is 9.38. The summed E-state index contributed by atoms with van der Waals surface area (Å²) in [7, 11) is 0. The molecule has 198 valence electrons. The number of hydrogen-bond acceptors (Lipinski definition) is 6. The average Bonchev–Trinajstić information content (AvgIpc) is 2.36. The van der Waals surface area contributed by atoms with Gasteiger partial charge in [0.15, 0.2) is 0 Å². The van der Waals surface area contributed by atoms with E-state index in [1.807, 2.05) is 4.74 Å². The molecule has 0 aromatic heterocycles. The zero-order valence-electron chi connectivity index (χ0n) is 13.8. The first-order valence-electron chi connectivity index (χ1n) is 6.35. The zero-order chi connectivity index (χ0) is 26.9. The molecular weight excluding hydrogens is 546 g/mol. The van der Waals surface area contributed by atoms with Gasteiger partial charge < -0.3 is 4.74 Å². The molecule has 0 spiro atoms. The van der Waals surface area contributed by atoms with Gasteiger partial charge in [0.05, 0.1) is 0 Å². The fraction of sp³-hybridized carbons (Fsp3) is 0.778. The van der Waals surface area contributed by atoms with Crippen LogP contribution in [0.3, 0.4) is 0 Å². The average molecular weight is 546 g/mol. The fourth-order valence-corrected chi connectivity index (χ4v) is 1.05. The van der Waals surface area contributed by atoms with E-state index in [1.165, 1.54) is 0 Å². The molecule has 0 aliphatic heterocycles. The molecular formula is C9F18O6. The fourth-order valence-electron chi connectivity index (χ4n) is 1.05. The van der Waals surface area contributed by atoms with Crippen LogP contribution >= 0.6 is 0 Å². The van der Waals surface area contributed by atoms with Gasteiger partial charge in [-0.1, -0.05) is 0 Å². The molecule has 0 unspecified atom stereocenters. The maximum Gasteiger partial charge on any atom is 0.529 e. The summed E-state index contributed by atoms with van der Waals surface area (Å²) in [5, 5.41) is 0. The highest BCUT2D eigenvalue weighted by Gasteiger charge is 2.69. The van der Waals surface area contributed by atoms with Crippen molar-refractivity contribution in [2.24, 2.45) is 0 Å². The molecule has 33 heavy (non-hydrogen) atoms. The zero-order valence-corrected chi connectivity index (χ0v) is 13.8. The van der Waals surface area contributed by atoms with Crippen molar-refractivity contribution in [2.75, 3.05) is 0 Å². The Morgan fingerprint density at radius 2 is 0.697 bits per heavy atom. The maximum atomic E-state index is 12.8. The van der Waals surface area contributed by atoms with Gasteiger partial charge in [-0.3, -0.25) is 0 Å². The van der Waals surface area contributed by atoms with E-state index in [-0.39, 0.29) is 0 Å². The Morgan fingerprint density at radius 3 is 1.00 bits per heavy atom. The van der Waals surface area contributed by atoms with E-state index in [1.54, 1.807) is 23.7 Å². The van der Waals surface area contributed by atoms with Crippen LogP contribution in [-0.2, 0) is 28.4 Å². The maximum absolute atomic E-state index is 12.8. The molecule has 0 heterocycles. The monoisotopic (exact) mass is 546 g/mol. The predicted octanol–water partition coefficient (Wildman–Crippen LogP) is 6.03. The van der Waals surface area contributed by atoms with Crippen molar-refractivity contribution in [3.05, 3.63) is 12.1 Å². The molecule has 0 aliphatic rings. The number of alkyl halides is 15. The van der Waals surface area contributed by atoms with Crippen LogP contribution in [0, 0.1) is 0 Å². The molecule has 0 bridgehead atoms. The molecule has 0 aliphatic carbocycles. The second-order valence-corrected chi connectivity index (χ2v) is 4.48. The molecule has 0 aromatic carbocycles. The Hall–Kier alpha value is -1.92. The standard InChI is InChI=1S/C9F18O6/c10-1(11)2(12)28-3(13,14)4(15,16)29-6(20,21)31-8(24,25)33-9(26,27)32-7(22,23)30-5(17,18)19. The summed E-state index contributed by atoms with van der Waals surface area (Å²) in [5.41, 5.74) is 0. The van der Waals surface area contributed by atoms with Crippen molar-refractivity contribution in [3.8, 4) is 0 Å². The third kappa shape index (κ3) is 11.2. The minimum Gasteiger partial charge on any atom is -0.396 e. The molecule has 0 atom stereocenters. The highest BCUT2D eigenvalue weighted by atomic mass is 19.4. The predicted molar refractivity (Wildman–Crippen MR) is 52.6 cm³/mol. The summed E-state index contributed by atoms with van der Waals surface area (Å²) in [4.78, 5) is 0. The third-order valence-electron chi connectivity index (χ3n) is 1.90. The summed E-state index contributed by atoms with van der Waals surface area (Å²) < 4.78 is 232. The first kappa shape index (κ1) is 31.1. The lowest BCUT2D eigenvalue weighted by molar-refractivity contribution is -0.630. The first-order chi connectivity index (χ1) is 14.1. The Bertz CT molecular complexity index is 696. The number of halogens is 18. The van der Waals surface area contributed by atoms with Crippen molar-refractivity contribution in [1.29, 1.82) is 0 Å². The highest BCUT2D eigenvalue weighted by Crippen LogP contribution is 2.45. The van der Waals surface area contributed by atoms with Crippen LogP contribution in [0.1, 0.15) is 0 Å². The van der Waals surface area contributed by atoms with Gasteiger partial charge in [0.1, 0.15) is 0 Å². The normalized spacial score (nSPS) is 15.0. The van der Waals surface area contributed by atoms with Crippen LogP contribution in [0.2, 0.25) is 0 Å². The summed E-state index contributed by atoms with van der Waals surface area (Å²) >= 11 is 0. The molecule has 24 heteroatoms. The SMILES string of the molecule is FC(F)=C(F)OC(F)(F)C(F)(F)OC(F)(F)OC(F)(F)OC(F)(F)OC(F)(F)OC(F)(F)F. The van der Waals surface area contributed by atoms with Crippen molar-refractivity contribution in [2.45, 2.75) is 43.8 Å². The molecule has 0 fully saturated rings. The number of ether oxygens (including phenoxy) is 6. The molecule has 6 nitrogen and oxygen atoms in total. The topological polar surface area (TPSA) is 55.4 Å². The molecule has 0 saturated heterocycles. The van der Waals surface area contributed by atoms with Crippen LogP contribution in [0.4, 0.5) is 79.0 Å². The van der Waals surface area contributed by atoms with E-state index >= 15 is 0 Å². The van der Waals surface area contributed by atoms with Gasteiger partial charge >= 0.3 is 55.9 Å². The van der Waals surface area contributed by atoms with E-state index in [0.29, 0.717) is 0 Å². The molecule has 0 rings (SSSR count). The Morgan fingerprint density at radius 1 is 0.394 bits per heavy atom. The summed E-state index contributed by atoms with van der Waals surface area (Å²) in [5.74, 6) is 0. The van der Waals surface area contributed by atoms with E-state index < -0.39 is 55.9 Å². The lowest BCUT2D eigenvalue weighted by Gasteiger charge is -2.30. The minimum atomic E-state index is -7.09. The van der Waals surface area contributed by atoms with Crippen LogP contribution < -0.4 is 0 Å². The van der Waals surface area contributed by atoms with E-state index in [4.69, 9.17) is 0 Å². The van der Waals surface area contributed by atoms with Crippen molar-refractivity contribution in [1.82, 2.24) is 0 Å². The van der Waals surface area contributed by atoms with Gasteiger partial charge in [-0.2, -0.15) is 35.5 Å². The first-order valence-corrected chi connectivity index (χ1v) is 6.35. The molecule has 0 N–H and O–H groups in total. The van der Waals surface area contributed by atoms with E-state index in [2.05, 4.69) is 0 Å². The van der Waals surface area contributed by atoms with Crippen molar-refractivity contribution >= 4 is 0 Å². The van der Waals surface area contributed by atoms with Gasteiger partial charge in [-0.25, -0.2) is 18.9 Å². The van der Waals surface area contributed by atoms with Crippen molar-refractivity contribution in [3.63, 3.8) is 0 Å². The van der Waals surface area contributed by atoms with Crippen molar-refractivity contribution < 1.29 is 107 Å². The lowest BCUT2D eigenvalue weighted by atomic mass is 10.5. The third-order valence-corrected chi connectivity index (χ3v) is 1.90. The summed E-state index contributed by atoms with van der Waals surface area (Å²) in [6.07, 6.45) is -51.5. The quantitative estimate of drug-likeness (QED) is 0.170. The van der Waals surface area contributed by atoms with Gasteiger partial charge in [-0.15, -0.1) is 48.3 Å². The highest BCUT2D eigenvalue weighted by molar-refractivity contribution is 4.84. The summed E-state index contributed by atoms with van der Waals surface area (Å²) in [6.45, 7) is 0. The minimum absolute atomic E-state index is 1.57. The van der Waals surface area contributed by atoms with Crippen LogP contribution in [0.15, 0.2) is 12.1 Å². The lowest BCUT2D eigenvalue weighted by Crippen LogP contribution is -2.52. The van der Waals surface area contributed by atoms with Crippen LogP contribution in [0.5, 0.6) is 0 Å². The Kier molecular flexibility index (Phi) is 8.83. The molecule has 0 aromatic rings. The van der Waals surface area contributed by atoms with E-state index in [0.717, 1.165) is 0 Å². The molecule has 0 radical (unpaired) electrons. The van der Waals surface area contributed by atoms with Crippen LogP contribution in [0.25, 0.3) is 0 Å². The Balaban J connectivity index is 5.44. The smallest absolute Gasteiger partial charge is 0.396 e. The molecule has 0 amide bonds. The summed E-state index contributed by atoms with van der Waals surface area (Å²) in [6, 6.07) is -3.82. The second-order valence-electron chi connectivity index (χ2n) is 4.48.